The van der Waals surface area contributed by atoms with Crippen molar-refractivity contribution in [3.8, 4) is 28.7 Å². The molecular weight excluding hydrogens is 1280 g/mol. The number of hydrogen-bond donors (Lipinski definition) is 19. The number of aliphatic hydroxyl groups excluding tert-OH is 1. The molecule has 8 unspecified atom stereocenters. The fraction of sp³-hybridized carbons (Fsp3) is 0.309. The summed E-state index contributed by atoms with van der Waals surface area (Å²) >= 11 is 1.28. The lowest BCUT2D eigenvalue weighted by atomic mass is 10.0. The van der Waals surface area contributed by atoms with Gasteiger partial charge in [-0.3, -0.25) is 33.6 Å². The lowest BCUT2D eigenvalue weighted by molar-refractivity contribution is -0.142. The minimum Gasteiger partial charge on any atom is -0.508 e. The van der Waals surface area contributed by atoms with Gasteiger partial charge in [0.2, 0.25) is 0 Å². The molecule has 0 fully saturated rings. The van der Waals surface area contributed by atoms with E-state index in [-0.39, 0.29) is 54.2 Å². The number of nitrogens with two attached hydrogens (primary N) is 7. The van der Waals surface area contributed by atoms with Crippen molar-refractivity contribution in [3.05, 3.63) is 204 Å². The molecule has 0 radical (unpaired) electrons. The number of hydrogen-bond acceptors (Lipinski definition) is 21. The summed E-state index contributed by atoms with van der Waals surface area (Å²) < 4.78 is 5.14. The summed E-state index contributed by atoms with van der Waals surface area (Å²) in [6.07, 6.45) is 0.292. The van der Waals surface area contributed by atoms with Gasteiger partial charge in [-0.25, -0.2) is 0 Å². The number of aryl methyl sites for hydroxylation is 6. The highest BCUT2D eigenvalue weighted by Crippen LogP contribution is 2.25. The Morgan fingerprint density at radius 1 is 0.392 bits per heavy atom. The smallest absolute Gasteiger partial charge is 0.323 e. The third-order valence-electron chi connectivity index (χ3n) is 13.8. The standard InChI is InChI=1S/C11H15NO3.4C10H13NO3.C10H13NO2.C7H9NO3S.H2O/c1-7-3-4-8(6-10(7)15-2)5-9(12)11(13)14;1-6-4-7(2-3-9(6)12)5-8(11)10(13)14;1-6-2-3-9(12)7(4-6)5-8(11)10(13)14;1-6-2-3-7(9(12)4-6)5-8(11)10(13)14;1-6-3-2-4-7(9(6)12)5-8(11)10(13)14;1-7-4-2-3-5-8(7)6-9(11)10(12)13;8-5(7(10)11)6(9)4-2-1-3-12-4;/h3-4,6,9H,5,12H2,1-2H3,(H,13,14);4*2-4,8,12H,5,11H2,1H3,(H,13,14);2-5,9H,6,11H2,1H3,(H,12,13);1-3,5-6,9H,8H2,(H,10,11);1H2. The largest absolute Gasteiger partial charge is 0.508 e. The van der Waals surface area contributed by atoms with Gasteiger partial charge in [0.1, 0.15) is 77.1 Å². The number of aliphatic carboxylic acids is 7. The number of benzene rings is 6. The number of methoxy groups -OCH3 is 1. The van der Waals surface area contributed by atoms with E-state index in [1.807, 2.05) is 76.2 Å². The van der Waals surface area contributed by atoms with Crippen molar-refractivity contribution in [1.29, 1.82) is 0 Å². The molecule has 0 amide bonds. The van der Waals surface area contributed by atoms with Gasteiger partial charge < -0.3 is 112 Å². The number of thiophene rings is 1. The zero-order valence-electron chi connectivity index (χ0n) is 54.6. The minimum atomic E-state index is -1.25. The number of phenolic OH excluding ortho intramolecular Hbond substituents is 4. The van der Waals surface area contributed by atoms with E-state index < -0.39 is 90.2 Å². The Morgan fingerprint density at radius 3 is 1.28 bits per heavy atom. The number of carboxylic acids is 7. The van der Waals surface area contributed by atoms with E-state index >= 15 is 0 Å². The van der Waals surface area contributed by atoms with E-state index in [0.29, 0.717) is 34.4 Å². The number of ether oxygens (including phenoxy) is 1. The third-order valence-corrected chi connectivity index (χ3v) is 14.8. The molecule has 1 aromatic heterocycles. The topological polar surface area (TPSA) is 585 Å². The van der Waals surface area contributed by atoms with Gasteiger partial charge in [0.25, 0.3) is 0 Å². The Labute approximate surface area is 564 Å². The van der Waals surface area contributed by atoms with Gasteiger partial charge in [-0.2, -0.15) is 0 Å². The number of carbonyl (C=O) groups is 7. The van der Waals surface area contributed by atoms with Crippen LogP contribution in [0.5, 0.6) is 28.7 Å². The quantitative estimate of drug-likeness (QED) is 0.0457. The number of aromatic hydroxyl groups is 4. The second-order valence-corrected chi connectivity index (χ2v) is 22.9. The fourth-order valence-corrected chi connectivity index (χ4v) is 8.79. The molecule has 7 rings (SSSR count). The first kappa shape index (κ1) is 87.0. The zero-order chi connectivity index (χ0) is 73.3. The molecule has 28 nitrogen and oxygen atoms in total. The van der Waals surface area contributed by atoms with Crippen LogP contribution in [-0.4, -0.2) is 158 Å². The Bertz CT molecular complexity index is 3630. The maximum atomic E-state index is 10.6. The Balaban J connectivity index is 0.00000111. The van der Waals surface area contributed by atoms with E-state index in [2.05, 4.69) is 0 Å². The van der Waals surface area contributed by atoms with Crippen LogP contribution in [0.25, 0.3) is 0 Å². The third kappa shape index (κ3) is 32.8. The molecule has 0 bridgehead atoms. The molecule has 0 spiro atoms. The zero-order valence-corrected chi connectivity index (χ0v) is 55.5. The van der Waals surface area contributed by atoms with Crippen LogP contribution in [0.4, 0.5) is 0 Å². The molecular formula is C68H91N7O21S. The Kier molecular flexibility index (Phi) is 39.3. The van der Waals surface area contributed by atoms with Crippen LogP contribution in [0.15, 0.2) is 133 Å². The summed E-state index contributed by atoms with van der Waals surface area (Å²) in [7, 11) is 1.59. The van der Waals surface area contributed by atoms with Gasteiger partial charge in [0.15, 0.2) is 0 Å². The highest BCUT2D eigenvalue weighted by molar-refractivity contribution is 7.10. The molecule has 8 atom stereocenters. The molecule has 0 aliphatic rings. The summed E-state index contributed by atoms with van der Waals surface area (Å²) in [6, 6.07) is 30.2. The number of carboxylic acid groups (broad SMARTS) is 7. The van der Waals surface area contributed by atoms with Gasteiger partial charge in [-0.15, -0.1) is 11.3 Å². The first-order valence-electron chi connectivity index (χ1n) is 29.2. The highest BCUT2D eigenvalue weighted by Gasteiger charge is 2.24. The van der Waals surface area contributed by atoms with Gasteiger partial charge in [0, 0.05) is 24.1 Å². The minimum absolute atomic E-state index is 0. The van der Waals surface area contributed by atoms with Crippen LogP contribution >= 0.6 is 11.3 Å². The molecule has 0 saturated carbocycles. The van der Waals surface area contributed by atoms with Crippen molar-refractivity contribution < 1.29 is 105 Å². The molecule has 7 aromatic rings. The van der Waals surface area contributed by atoms with Crippen molar-refractivity contribution >= 4 is 53.1 Å². The van der Waals surface area contributed by atoms with Gasteiger partial charge in [0.05, 0.1) is 7.11 Å². The Hall–Kier alpha value is -10.1. The molecule has 530 valence electrons. The summed E-state index contributed by atoms with van der Waals surface area (Å²) in [5.74, 6) is -6.08. The van der Waals surface area contributed by atoms with Crippen LogP contribution in [-0.2, 0) is 72.1 Å². The second-order valence-electron chi connectivity index (χ2n) is 21.9. The van der Waals surface area contributed by atoms with E-state index in [0.717, 1.165) is 55.8 Å². The normalized spacial score (nSPS) is 12.6. The maximum absolute atomic E-state index is 10.6. The molecule has 0 aliphatic heterocycles. The predicted octanol–water partition coefficient (Wildman–Crippen LogP) is 3.90. The average Bonchev–Trinajstić information content (AvgIpc) is 1.49. The lowest BCUT2D eigenvalue weighted by Crippen LogP contribution is -2.36. The first-order chi connectivity index (χ1) is 44.8. The molecule has 1 heterocycles. The number of para-hydroxylation sites is 1. The van der Waals surface area contributed by atoms with Gasteiger partial charge in [-0.05, 0) is 158 Å². The predicted molar refractivity (Wildman–Crippen MR) is 365 cm³/mol. The summed E-state index contributed by atoms with van der Waals surface area (Å²) in [5, 5.41) is 109. The van der Waals surface area contributed by atoms with Gasteiger partial charge in [-0.1, -0.05) is 103 Å². The second kappa shape index (κ2) is 43.8. The molecule has 6 aromatic carbocycles. The van der Waals surface area contributed by atoms with Crippen LogP contribution in [0.3, 0.4) is 0 Å². The fourth-order valence-electron chi connectivity index (χ4n) is 8.03. The van der Waals surface area contributed by atoms with E-state index in [4.69, 9.17) is 80.6 Å². The molecule has 28 N–H and O–H groups in total. The highest BCUT2D eigenvalue weighted by atomic mass is 32.1. The van der Waals surface area contributed by atoms with Crippen LogP contribution in [0.2, 0.25) is 0 Å². The van der Waals surface area contributed by atoms with Crippen molar-refractivity contribution in [2.45, 2.75) is 128 Å². The number of aliphatic hydroxyl groups is 1. The van der Waals surface area contributed by atoms with Crippen LogP contribution in [0, 0.1) is 41.5 Å². The van der Waals surface area contributed by atoms with Gasteiger partial charge >= 0.3 is 41.8 Å². The SMILES string of the molecule is COc1cc(CC(N)C(=O)O)ccc1C.Cc1cc(CC(N)C(=O)O)ccc1O.Cc1ccc(CC(N)C(=O)O)c(O)c1.Cc1ccc(O)c(CC(N)C(=O)O)c1.Cc1cccc(CC(N)C(=O)O)c1O.Cc1ccccc1CC(N)C(=O)O.NC(C(=O)O)C(O)c1cccs1.O. The summed E-state index contributed by atoms with van der Waals surface area (Å²) in [4.78, 5) is 73.9. The van der Waals surface area contributed by atoms with Crippen molar-refractivity contribution in [2.75, 3.05) is 7.11 Å². The molecule has 29 heteroatoms. The van der Waals surface area contributed by atoms with Crippen molar-refractivity contribution in [2.24, 2.45) is 40.1 Å². The van der Waals surface area contributed by atoms with E-state index in [1.54, 1.807) is 105 Å². The number of phenols is 4. The van der Waals surface area contributed by atoms with E-state index in [9.17, 15) is 59.1 Å². The number of rotatable bonds is 22. The van der Waals surface area contributed by atoms with Crippen molar-refractivity contribution in [1.82, 2.24) is 0 Å². The average molecular weight is 1370 g/mol. The van der Waals surface area contributed by atoms with Crippen molar-refractivity contribution in [3.63, 3.8) is 0 Å². The first-order valence-corrected chi connectivity index (χ1v) is 30.1. The van der Waals surface area contributed by atoms with Crippen LogP contribution < -0.4 is 44.9 Å². The molecule has 0 aliphatic carbocycles. The Morgan fingerprint density at radius 2 is 0.814 bits per heavy atom. The molecule has 0 saturated heterocycles. The van der Waals surface area contributed by atoms with Crippen LogP contribution in [0.1, 0.15) is 77.7 Å². The maximum Gasteiger partial charge on any atom is 0.323 e. The summed E-state index contributed by atoms with van der Waals surface area (Å²) in [5.41, 5.74) is 47.3. The van der Waals surface area contributed by atoms with E-state index in [1.165, 1.54) is 11.3 Å². The summed E-state index contributed by atoms with van der Waals surface area (Å²) in [6.45, 7) is 11.1. The molecule has 97 heavy (non-hydrogen) atoms. The monoisotopic (exact) mass is 1370 g/mol. The lowest BCUT2D eigenvalue weighted by Gasteiger charge is -2.12.